The van der Waals surface area contributed by atoms with Crippen molar-refractivity contribution in [1.82, 2.24) is 19.6 Å². The molecule has 3 aromatic carbocycles. The molecule has 7 heterocycles. The first kappa shape index (κ1) is 45.7. The molecule has 3 N–H and O–H groups in total. The van der Waals surface area contributed by atoms with E-state index in [0.717, 1.165) is 62.5 Å². The molecule has 0 radical (unpaired) electrons. The van der Waals surface area contributed by atoms with Crippen LogP contribution in [-0.2, 0) is 19.5 Å². The fourth-order valence-corrected chi connectivity index (χ4v) is 13.2. The standard InChI is InChI=1S/C52H62N8O8S/c1-33(2)39-6-3-4-7-40(39)43-8-5-20-58(43)37-29-52(30-37)17-21-57(22-18-52)36-9-11-41(44(27-36)59-46-26-35-13-19-53-49(35)55-51(46)68-48-16-25-67-32-47(48)59)50(61)56-69(64,65)38-10-12-42(45(28-38)60(62)63)54-31-34-14-23-66-24-15-34/h3-4,6-7,9-13,19,26-28,33-34,37,43,47-48,54H,5,8,14-18,20-25,29-32H2,1-2H3,(H,53,55)(H,56,61)/t43-,47-,48+/m0/s1. The number of likely N-dealkylation sites (tertiary alicyclic amines) is 1. The fourth-order valence-electron chi connectivity index (χ4n) is 12.2. The SMILES string of the molecule is CC(C)c1ccccc1[C@@H]1CCCN1C1CC2(CCN(c3ccc(C(=O)NS(=O)(=O)c4ccc(NCC5CCOCC5)c([N+](=O)[O-])c4)c(N4c5cc6cc[nH]c6nc5O[C@@H]5CCOC[C@@H]54)c3)CC2)C1. The highest BCUT2D eigenvalue weighted by atomic mass is 32.2. The Balaban J connectivity index is 0.872. The van der Waals surface area contributed by atoms with Gasteiger partial charge in [-0.3, -0.25) is 19.8 Å². The Morgan fingerprint density at radius 2 is 1.74 bits per heavy atom. The first-order valence-electron chi connectivity index (χ1n) is 24.9. The van der Waals surface area contributed by atoms with Gasteiger partial charge in [-0.05, 0) is 129 Å². The van der Waals surface area contributed by atoms with E-state index in [0.29, 0.717) is 85.7 Å². The van der Waals surface area contributed by atoms with Gasteiger partial charge in [-0.15, -0.1) is 0 Å². The van der Waals surface area contributed by atoms with Crippen LogP contribution in [0.1, 0.15) is 105 Å². The van der Waals surface area contributed by atoms with Gasteiger partial charge in [0.25, 0.3) is 21.6 Å². The predicted molar refractivity (Wildman–Crippen MR) is 264 cm³/mol. The number of benzene rings is 3. The fraction of sp³-hybridized carbons (Fsp3) is 0.500. The van der Waals surface area contributed by atoms with E-state index in [-0.39, 0.29) is 29.3 Å². The van der Waals surface area contributed by atoms with E-state index in [4.69, 9.17) is 19.2 Å². The van der Waals surface area contributed by atoms with E-state index < -0.39 is 31.4 Å². The summed E-state index contributed by atoms with van der Waals surface area (Å²) in [7, 11) is -4.59. The summed E-state index contributed by atoms with van der Waals surface area (Å²) in [6.45, 7) is 10.0. The highest BCUT2D eigenvalue weighted by Gasteiger charge is 2.50. The third-order valence-corrected chi connectivity index (χ3v) is 17.3. The maximum atomic E-state index is 14.7. The third kappa shape index (κ3) is 8.80. The number of fused-ring (bicyclic) bond motifs is 3. The van der Waals surface area contributed by atoms with Crippen molar-refractivity contribution >= 4 is 55.4 Å². The van der Waals surface area contributed by atoms with E-state index in [2.05, 4.69) is 62.9 Å². The number of hydrogen-bond acceptors (Lipinski definition) is 13. The number of nitrogens with zero attached hydrogens (tertiary/aromatic N) is 5. The summed E-state index contributed by atoms with van der Waals surface area (Å²) in [4.78, 5) is 41.2. The number of anilines is 4. The Hall–Kier alpha value is -5.75. The second-order valence-electron chi connectivity index (χ2n) is 20.4. The molecule has 3 atom stereocenters. The van der Waals surface area contributed by atoms with Gasteiger partial charge in [0.15, 0.2) is 0 Å². The number of H-pyrrole nitrogens is 1. The van der Waals surface area contributed by atoms with Crippen LogP contribution in [0, 0.1) is 21.4 Å². The zero-order valence-electron chi connectivity index (χ0n) is 39.4. The van der Waals surface area contributed by atoms with Crippen LogP contribution in [0.15, 0.2) is 83.9 Å². The van der Waals surface area contributed by atoms with E-state index in [9.17, 15) is 23.3 Å². The number of hydrogen-bond donors (Lipinski definition) is 3. The third-order valence-electron chi connectivity index (χ3n) is 16.0. The smallest absolute Gasteiger partial charge is 0.293 e. The number of carbonyl (C=O) groups excluding carboxylic acids is 1. The maximum Gasteiger partial charge on any atom is 0.293 e. The van der Waals surface area contributed by atoms with Gasteiger partial charge in [0.1, 0.15) is 23.1 Å². The van der Waals surface area contributed by atoms with Crippen LogP contribution in [0.25, 0.3) is 11.0 Å². The summed E-state index contributed by atoms with van der Waals surface area (Å²) in [5.41, 5.74) is 5.91. The summed E-state index contributed by atoms with van der Waals surface area (Å²) in [6.07, 6.45) is 10.7. The molecule has 1 amide bonds. The molecular formula is C52H62N8O8S. The molecule has 0 unspecified atom stereocenters. The minimum Gasteiger partial charge on any atom is -0.470 e. The van der Waals surface area contributed by atoms with Crippen molar-refractivity contribution in [3.05, 3.63) is 106 Å². The van der Waals surface area contributed by atoms with Gasteiger partial charge >= 0.3 is 0 Å². The number of piperidine rings is 1. The number of nitrogens with one attached hydrogen (secondary N) is 3. The maximum absolute atomic E-state index is 14.7. The van der Waals surface area contributed by atoms with Crippen LogP contribution in [0.5, 0.6) is 5.88 Å². The first-order chi connectivity index (χ1) is 33.4. The Kier molecular flexibility index (Phi) is 12.3. The van der Waals surface area contributed by atoms with Crippen LogP contribution in [0.3, 0.4) is 0 Å². The summed E-state index contributed by atoms with van der Waals surface area (Å²) in [5, 5.41) is 16.3. The van der Waals surface area contributed by atoms with Gasteiger partial charge in [0.2, 0.25) is 5.88 Å². The zero-order chi connectivity index (χ0) is 47.4. The van der Waals surface area contributed by atoms with Gasteiger partial charge < -0.3 is 34.3 Å². The number of sulfonamides is 1. The van der Waals surface area contributed by atoms with E-state index in [1.807, 2.05) is 35.4 Å². The van der Waals surface area contributed by atoms with Gasteiger partial charge in [-0.25, -0.2) is 13.1 Å². The molecule has 4 saturated heterocycles. The van der Waals surface area contributed by atoms with E-state index >= 15 is 0 Å². The topological polar surface area (TPSA) is 184 Å². The van der Waals surface area contributed by atoms with Crippen LogP contribution in [0.2, 0.25) is 0 Å². The van der Waals surface area contributed by atoms with E-state index in [1.54, 1.807) is 6.07 Å². The quantitative estimate of drug-likeness (QED) is 0.0797. The largest absolute Gasteiger partial charge is 0.470 e. The Bertz CT molecular complexity index is 2850. The van der Waals surface area contributed by atoms with Crippen LogP contribution < -0.4 is 24.6 Å². The number of pyridine rings is 1. The molecule has 1 aliphatic carbocycles. The molecule has 0 bridgehead atoms. The lowest BCUT2D eigenvalue weighted by Crippen LogP contribution is -2.55. The van der Waals surface area contributed by atoms with Crippen molar-refractivity contribution in [2.45, 2.75) is 107 Å². The predicted octanol–water partition coefficient (Wildman–Crippen LogP) is 8.83. The second-order valence-corrected chi connectivity index (χ2v) is 22.1. The summed E-state index contributed by atoms with van der Waals surface area (Å²) >= 11 is 0. The summed E-state index contributed by atoms with van der Waals surface area (Å²) < 4.78 is 48.6. The lowest BCUT2D eigenvalue weighted by Gasteiger charge is -2.56. The molecule has 364 valence electrons. The average molecular weight is 959 g/mol. The normalized spacial score (nSPS) is 23.1. The Morgan fingerprint density at radius 1 is 0.942 bits per heavy atom. The minimum atomic E-state index is -4.59. The highest BCUT2D eigenvalue weighted by molar-refractivity contribution is 7.90. The summed E-state index contributed by atoms with van der Waals surface area (Å²) in [5.74, 6) is 0.300. The average Bonchev–Trinajstić information content (AvgIpc) is 4.03. The number of aromatic nitrogens is 2. The molecule has 6 aliphatic rings. The first-order valence-corrected chi connectivity index (χ1v) is 26.3. The van der Waals surface area contributed by atoms with Crippen molar-refractivity contribution in [3.8, 4) is 5.88 Å². The molecule has 69 heavy (non-hydrogen) atoms. The Morgan fingerprint density at radius 3 is 2.54 bits per heavy atom. The summed E-state index contributed by atoms with van der Waals surface area (Å²) in [6, 6.07) is 22.9. The lowest BCUT2D eigenvalue weighted by molar-refractivity contribution is -0.384. The lowest BCUT2D eigenvalue weighted by atomic mass is 9.59. The number of aromatic amines is 1. The molecule has 2 aromatic heterocycles. The number of nitro groups is 1. The number of amides is 1. The van der Waals surface area contributed by atoms with E-state index in [1.165, 1.54) is 48.9 Å². The van der Waals surface area contributed by atoms with Crippen LogP contribution >= 0.6 is 0 Å². The van der Waals surface area contributed by atoms with Crippen molar-refractivity contribution in [3.63, 3.8) is 0 Å². The highest BCUT2D eigenvalue weighted by Crippen LogP contribution is 2.55. The number of carbonyl (C=O) groups is 1. The van der Waals surface area contributed by atoms with Gasteiger partial charge in [-0.1, -0.05) is 38.1 Å². The molecule has 11 rings (SSSR count). The molecule has 16 nitrogen and oxygen atoms in total. The monoisotopic (exact) mass is 958 g/mol. The molecule has 1 saturated carbocycles. The van der Waals surface area contributed by atoms with Gasteiger partial charge in [0.05, 0.1) is 40.3 Å². The molecular weight excluding hydrogens is 897 g/mol. The van der Waals surface area contributed by atoms with Crippen molar-refractivity contribution in [2.24, 2.45) is 11.3 Å². The minimum absolute atomic E-state index is 0.118. The van der Waals surface area contributed by atoms with Crippen LogP contribution in [0.4, 0.5) is 28.4 Å². The molecule has 5 aliphatic heterocycles. The molecule has 17 heteroatoms. The number of nitro benzene ring substituents is 1. The number of rotatable bonds is 12. The van der Waals surface area contributed by atoms with Crippen LogP contribution in [-0.4, -0.2) is 105 Å². The molecule has 1 spiro atoms. The zero-order valence-corrected chi connectivity index (χ0v) is 40.2. The van der Waals surface area contributed by atoms with Gasteiger partial charge in [0, 0.05) is 74.7 Å². The van der Waals surface area contributed by atoms with Crippen molar-refractivity contribution in [2.75, 3.05) is 67.7 Å². The van der Waals surface area contributed by atoms with Gasteiger partial charge in [-0.2, -0.15) is 4.98 Å². The molecule has 5 fully saturated rings. The molecule has 5 aromatic rings. The number of ether oxygens (including phenoxy) is 3. The van der Waals surface area contributed by atoms with Crippen molar-refractivity contribution < 1.29 is 32.3 Å². The van der Waals surface area contributed by atoms with Crippen molar-refractivity contribution in [1.29, 1.82) is 0 Å². The second kappa shape index (κ2) is 18.5. The Labute approximate surface area is 403 Å².